The Morgan fingerprint density at radius 2 is 1.92 bits per heavy atom. The molecule has 0 bridgehead atoms. The Morgan fingerprint density at radius 3 is 2.54 bits per heavy atom. The summed E-state index contributed by atoms with van der Waals surface area (Å²) in [5, 5.41) is 6.06. The largest absolute Gasteiger partial charge is 0.433 e. The number of benzene rings is 1. The van der Waals surface area contributed by atoms with Crippen LogP contribution in [0.3, 0.4) is 0 Å². The summed E-state index contributed by atoms with van der Waals surface area (Å²) in [6.07, 6.45) is -3.88. The molecule has 1 heterocycles. The van der Waals surface area contributed by atoms with Crippen LogP contribution in [0.15, 0.2) is 24.3 Å². The van der Waals surface area contributed by atoms with Gasteiger partial charge in [0.05, 0.1) is 15.7 Å². The Labute approximate surface area is 147 Å². The molecule has 0 aliphatic heterocycles. The van der Waals surface area contributed by atoms with E-state index >= 15 is 0 Å². The Hall–Kier alpha value is -1.73. The third kappa shape index (κ3) is 4.64. The van der Waals surface area contributed by atoms with E-state index in [1.807, 2.05) is 13.8 Å². The third-order valence-electron chi connectivity index (χ3n) is 3.22. The van der Waals surface area contributed by atoms with Crippen molar-refractivity contribution in [2.45, 2.75) is 32.5 Å². The zero-order valence-corrected chi connectivity index (χ0v) is 14.4. The second kappa shape index (κ2) is 7.44. The van der Waals surface area contributed by atoms with Crippen molar-refractivity contribution in [3.8, 4) is 0 Å². The maximum absolute atomic E-state index is 13.1. The molecule has 2 aromatic rings. The van der Waals surface area contributed by atoms with Gasteiger partial charge in [-0.25, -0.2) is 4.98 Å². The number of nitrogens with one attached hydrogen (secondary N) is 2. The summed E-state index contributed by atoms with van der Waals surface area (Å²) < 4.78 is 39.2. The van der Waals surface area contributed by atoms with Gasteiger partial charge in [0.25, 0.3) is 0 Å². The summed E-state index contributed by atoms with van der Waals surface area (Å²) >= 11 is 11.9. The molecule has 1 aromatic carbocycles. The highest BCUT2D eigenvalue weighted by Gasteiger charge is 2.34. The van der Waals surface area contributed by atoms with Crippen LogP contribution in [0.2, 0.25) is 10.0 Å². The molecule has 1 atom stereocenters. The van der Waals surface area contributed by atoms with E-state index in [0.717, 1.165) is 6.07 Å². The van der Waals surface area contributed by atoms with E-state index < -0.39 is 11.9 Å². The van der Waals surface area contributed by atoms with Gasteiger partial charge in [0.2, 0.25) is 5.95 Å². The second-order valence-electron chi connectivity index (χ2n) is 5.14. The van der Waals surface area contributed by atoms with Gasteiger partial charge < -0.3 is 10.6 Å². The van der Waals surface area contributed by atoms with Crippen molar-refractivity contribution in [3.63, 3.8) is 0 Å². The van der Waals surface area contributed by atoms with Gasteiger partial charge in [-0.05, 0) is 25.5 Å². The molecule has 0 radical (unpaired) electrons. The summed E-state index contributed by atoms with van der Waals surface area (Å²) in [4.78, 5) is 7.59. The first-order valence-electron chi connectivity index (χ1n) is 7.14. The lowest BCUT2D eigenvalue weighted by Gasteiger charge is -2.16. The highest BCUT2D eigenvalue weighted by molar-refractivity contribution is 6.43. The van der Waals surface area contributed by atoms with Crippen LogP contribution in [0.1, 0.15) is 26.0 Å². The quantitative estimate of drug-likeness (QED) is 0.694. The highest BCUT2D eigenvalue weighted by Crippen LogP contribution is 2.34. The van der Waals surface area contributed by atoms with Crippen molar-refractivity contribution < 1.29 is 13.2 Å². The van der Waals surface area contributed by atoms with Crippen LogP contribution in [-0.2, 0) is 6.18 Å². The van der Waals surface area contributed by atoms with Gasteiger partial charge >= 0.3 is 6.18 Å². The van der Waals surface area contributed by atoms with Gasteiger partial charge in [0.1, 0.15) is 5.82 Å². The predicted molar refractivity (Wildman–Crippen MR) is 90.2 cm³/mol. The van der Waals surface area contributed by atoms with Gasteiger partial charge in [-0.2, -0.15) is 18.2 Å². The number of rotatable bonds is 5. The molecule has 0 saturated heterocycles. The zero-order valence-electron chi connectivity index (χ0n) is 12.9. The van der Waals surface area contributed by atoms with Gasteiger partial charge in [0.15, 0.2) is 5.69 Å². The van der Waals surface area contributed by atoms with Crippen LogP contribution in [0, 0.1) is 0 Å². The van der Waals surface area contributed by atoms with E-state index in [1.54, 1.807) is 18.2 Å². The molecule has 2 rings (SSSR count). The molecule has 4 nitrogen and oxygen atoms in total. The highest BCUT2D eigenvalue weighted by atomic mass is 35.5. The Balaban J connectivity index is 2.41. The molecule has 0 spiro atoms. The van der Waals surface area contributed by atoms with Crippen molar-refractivity contribution in [2.24, 2.45) is 0 Å². The number of anilines is 3. The Morgan fingerprint density at radius 1 is 1.21 bits per heavy atom. The summed E-state index contributed by atoms with van der Waals surface area (Å²) in [6, 6.07) is 5.54. The van der Waals surface area contributed by atoms with Gasteiger partial charge in [-0.3, -0.25) is 0 Å². The van der Waals surface area contributed by atoms with E-state index in [0.29, 0.717) is 12.1 Å². The summed E-state index contributed by atoms with van der Waals surface area (Å²) in [5.41, 5.74) is -0.700. The number of nitrogens with zero attached hydrogens (tertiary/aromatic N) is 2. The molecular weight excluding hydrogens is 364 g/mol. The molecule has 0 saturated carbocycles. The molecular formula is C15H15Cl2F3N4. The minimum absolute atomic E-state index is 0.0349. The fourth-order valence-electron chi connectivity index (χ4n) is 1.78. The predicted octanol–water partition coefficient (Wildman–Crippen LogP) is 5.76. The van der Waals surface area contributed by atoms with Gasteiger partial charge in [-0.1, -0.05) is 36.2 Å². The first-order chi connectivity index (χ1) is 11.2. The van der Waals surface area contributed by atoms with Crippen molar-refractivity contribution in [1.29, 1.82) is 0 Å². The van der Waals surface area contributed by atoms with E-state index in [1.165, 1.54) is 0 Å². The van der Waals surface area contributed by atoms with Crippen molar-refractivity contribution >= 4 is 40.7 Å². The molecule has 1 aromatic heterocycles. The molecule has 2 N–H and O–H groups in total. The fourth-order valence-corrected chi connectivity index (χ4v) is 2.13. The molecule has 9 heteroatoms. The molecule has 130 valence electrons. The molecule has 0 aliphatic carbocycles. The lowest BCUT2D eigenvalue weighted by Crippen LogP contribution is -2.18. The topological polar surface area (TPSA) is 49.8 Å². The monoisotopic (exact) mass is 378 g/mol. The number of aromatic nitrogens is 2. The summed E-state index contributed by atoms with van der Waals surface area (Å²) in [6.45, 7) is 3.72. The van der Waals surface area contributed by atoms with Crippen LogP contribution in [0.5, 0.6) is 0 Å². The molecule has 24 heavy (non-hydrogen) atoms. The minimum Gasteiger partial charge on any atom is -0.352 e. The maximum Gasteiger partial charge on any atom is 0.433 e. The maximum atomic E-state index is 13.1. The fraction of sp³-hybridized carbons (Fsp3) is 0.333. The standard InChI is InChI=1S/C15H15Cl2F3N4/c1-3-8(2)21-14-23-11(15(18,19)20)7-12(24-14)22-10-6-4-5-9(16)13(10)17/h4-8H,3H2,1-2H3,(H2,21,22,23,24)/t8-/m1/s1. The van der Waals surface area contributed by atoms with Gasteiger partial charge in [-0.15, -0.1) is 0 Å². The van der Waals surface area contributed by atoms with Gasteiger partial charge in [0, 0.05) is 12.1 Å². The number of halogens is 5. The Bertz CT molecular complexity index is 722. The summed E-state index contributed by atoms with van der Waals surface area (Å²) in [7, 11) is 0. The Kier molecular flexibility index (Phi) is 5.77. The smallest absolute Gasteiger partial charge is 0.352 e. The summed E-state index contributed by atoms with van der Waals surface area (Å²) in [5.74, 6) is -0.146. The average Bonchev–Trinajstić information content (AvgIpc) is 2.50. The van der Waals surface area contributed by atoms with E-state index in [2.05, 4.69) is 20.6 Å². The van der Waals surface area contributed by atoms with Crippen LogP contribution >= 0.6 is 23.2 Å². The van der Waals surface area contributed by atoms with Crippen LogP contribution < -0.4 is 10.6 Å². The van der Waals surface area contributed by atoms with Crippen molar-refractivity contribution in [1.82, 2.24) is 9.97 Å². The molecule has 0 fully saturated rings. The van der Waals surface area contributed by atoms with Crippen LogP contribution in [0.25, 0.3) is 0 Å². The molecule has 0 amide bonds. The second-order valence-corrected chi connectivity index (χ2v) is 5.92. The average molecular weight is 379 g/mol. The number of alkyl halides is 3. The van der Waals surface area contributed by atoms with E-state index in [4.69, 9.17) is 23.2 Å². The van der Waals surface area contributed by atoms with Crippen LogP contribution in [0.4, 0.5) is 30.6 Å². The lowest BCUT2D eigenvalue weighted by atomic mass is 10.3. The zero-order chi connectivity index (χ0) is 17.9. The van der Waals surface area contributed by atoms with E-state index in [-0.39, 0.29) is 27.9 Å². The molecule has 0 aliphatic rings. The van der Waals surface area contributed by atoms with Crippen LogP contribution in [-0.4, -0.2) is 16.0 Å². The normalized spacial score (nSPS) is 12.8. The van der Waals surface area contributed by atoms with E-state index in [9.17, 15) is 13.2 Å². The molecule has 0 unspecified atom stereocenters. The first-order valence-corrected chi connectivity index (χ1v) is 7.90. The third-order valence-corrected chi connectivity index (χ3v) is 4.04. The number of hydrogen-bond acceptors (Lipinski definition) is 4. The van der Waals surface area contributed by atoms with Crippen molar-refractivity contribution in [2.75, 3.05) is 10.6 Å². The first kappa shape index (κ1) is 18.6. The lowest BCUT2D eigenvalue weighted by molar-refractivity contribution is -0.141. The minimum atomic E-state index is -4.59. The van der Waals surface area contributed by atoms with Crippen molar-refractivity contribution in [3.05, 3.63) is 40.0 Å². The SMILES string of the molecule is CC[C@@H](C)Nc1nc(Nc2cccc(Cl)c2Cl)cc(C(F)(F)F)n1. The number of hydrogen-bond donors (Lipinski definition) is 2.